The molecule has 16 heavy (non-hydrogen) atoms. The van der Waals surface area contributed by atoms with Crippen molar-refractivity contribution >= 4 is 17.4 Å². The first-order valence-electron chi connectivity index (χ1n) is 5.29. The number of nitrogens with zero attached hydrogens (tertiary/aromatic N) is 2. The van der Waals surface area contributed by atoms with Gasteiger partial charge in [-0.2, -0.15) is 0 Å². The molecule has 0 aromatic carbocycles. The van der Waals surface area contributed by atoms with Crippen molar-refractivity contribution in [2.45, 2.75) is 18.9 Å². The van der Waals surface area contributed by atoms with Gasteiger partial charge in [0.25, 0.3) is 0 Å². The number of halogens is 2. The van der Waals surface area contributed by atoms with Crippen LogP contribution in [0.5, 0.6) is 0 Å². The summed E-state index contributed by atoms with van der Waals surface area (Å²) >= 11 is 5.66. The van der Waals surface area contributed by atoms with Gasteiger partial charge < -0.3 is 9.64 Å². The van der Waals surface area contributed by atoms with Gasteiger partial charge in [0.05, 0.1) is 11.1 Å². The predicted octanol–water partition coefficient (Wildman–Crippen LogP) is 2.49. The summed E-state index contributed by atoms with van der Waals surface area (Å²) in [5.74, 6) is 0.0299. The van der Waals surface area contributed by atoms with Crippen LogP contribution >= 0.6 is 11.6 Å². The molecule has 0 atom stereocenters. The lowest BCUT2D eigenvalue weighted by Crippen LogP contribution is -2.37. The second-order valence-corrected chi connectivity index (χ2v) is 4.32. The highest BCUT2D eigenvalue weighted by Crippen LogP contribution is 2.23. The lowest BCUT2D eigenvalue weighted by atomic mass is 10.1. The number of hydrogen-bond donors (Lipinski definition) is 0. The minimum Gasteiger partial charge on any atom is -0.381 e. The molecule has 1 aliphatic rings. The minimum atomic E-state index is -0.358. The minimum absolute atomic E-state index is 0.284. The Balaban J connectivity index is 2.08. The highest BCUT2D eigenvalue weighted by Gasteiger charge is 2.21. The van der Waals surface area contributed by atoms with Gasteiger partial charge in [-0.1, -0.05) is 11.6 Å². The monoisotopic (exact) mass is 244 g/mol. The fourth-order valence-corrected chi connectivity index (χ4v) is 2.09. The molecule has 0 saturated carbocycles. The Kier molecular flexibility index (Phi) is 3.61. The van der Waals surface area contributed by atoms with Crippen LogP contribution in [-0.4, -0.2) is 31.3 Å². The molecular weight excluding hydrogens is 231 g/mol. The van der Waals surface area contributed by atoms with E-state index >= 15 is 0 Å². The average Bonchev–Trinajstić information content (AvgIpc) is 2.29. The van der Waals surface area contributed by atoms with Crippen molar-refractivity contribution in [2.75, 3.05) is 25.1 Å². The second-order valence-electron chi connectivity index (χ2n) is 3.88. The molecule has 0 radical (unpaired) electrons. The number of pyridine rings is 1. The first kappa shape index (κ1) is 11.6. The van der Waals surface area contributed by atoms with Crippen molar-refractivity contribution in [3.05, 3.63) is 23.1 Å². The van der Waals surface area contributed by atoms with Crippen molar-refractivity contribution < 1.29 is 9.13 Å². The maximum absolute atomic E-state index is 13.6. The van der Waals surface area contributed by atoms with Crippen LogP contribution in [0.3, 0.4) is 0 Å². The van der Waals surface area contributed by atoms with Gasteiger partial charge >= 0.3 is 0 Å². The van der Waals surface area contributed by atoms with Gasteiger partial charge in [-0.3, -0.25) is 0 Å². The maximum atomic E-state index is 13.6. The van der Waals surface area contributed by atoms with Crippen molar-refractivity contribution in [2.24, 2.45) is 0 Å². The second kappa shape index (κ2) is 4.97. The van der Waals surface area contributed by atoms with E-state index in [9.17, 15) is 4.39 Å². The lowest BCUT2D eigenvalue weighted by Gasteiger charge is -2.32. The Morgan fingerprint density at radius 3 is 2.75 bits per heavy atom. The number of piperidine rings is 1. The third kappa shape index (κ3) is 2.44. The Bertz CT molecular complexity index is 367. The molecule has 1 saturated heterocycles. The molecule has 1 aromatic rings. The fourth-order valence-electron chi connectivity index (χ4n) is 1.94. The van der Waals surface area contributed by atoms with Crippen molar-refractivity contribution in [3.8, 4) is 0 Å². The molecule has 0 amide bonds. The molecule has 1 aromatic heterocycles. The summed E-state index contributed by atoms with van der Waals surface area (Å²) in [4.78, 5) is 5.96. The SMILES string of the molecule is COC1CCN(c2ncc(Cl)cc2F)CC1. The molecule has 0 unspecified atom stereocenters. The molecule has 3 nitrogen and oxygen atoms in total. The predicted molar refractivity (Wildman–Crippen MR) is 61.4 cm³/mol. The van der Waals surface area contributed by atoms with E-state index in [2.05, 4.69) is 4.98 Å². The van der Waals surface area contributed by atoms with Crippen molar-refractivity contribution in [1.29, 1.82) is 0 Å². The Morgan fingerprint density at radius 1 is 1.50 bits per heavy atom. The fraction of sp³-hybridized carbons (Fsp3) is 0.545. The Labute approximate surface area is 99.2 Å². The van der Waals surface area contributed by atoms with Crippen LogP contribution in [0, 0.1) is 5.82 Å². The number of ether oxygens (including phenoxy) is 1. The van der Waals surface area contributed by atoms with Crippen LogP contribution in [0.4, 0.5) is 10.2 Å². The number of anilines is 1. The summed E-state index contributed by atoms with van der Waals surface area (Å²) in [7, 11) is 1.71. The highest BCUT2D eigenvalue weighted by atomic mass is 35.5. The summed E-state index contributed by atoms with van der Waals surface area (Å²) in [5, 5.41) is 0.327. The van der Waals surface area contributed by atoms with Crippen LogP contribution in [0.1, 0.15) is 12.8 Å². The summed E-state index contributed by atoms with van der Waals surface area (Å²) in [5.41, 5.74) is 0. The number of rotatable bonds is 2. The lowest BCUT2D eigenvalue weighted by molar-refractivity contribution is 0.0816. The van der Waals surface area contributed by atoms with E-state index in [0.717, 1.165) is 25.9 Å². The van der Waals surface area contributed by atoms with Gasteiger partial charge in [-0.15, -0.1) is 0 Å². The average molecular weight is 245 g/mol. The molecule has 2 heterocycles. The molecular formula is C11H14ClFN2O. The van der Waals surface area contributed by atoms with Gasteiger partial charge in [0.2, 0.25) is 0 Å². The van der Waals surface area contributed by atoms with Crippen LogP contribution < -0.4 is 4.90 Å². The summed E-state index contributed by atoms with van der Waals surface area (Å²) in [6.07, 6.45) is 3.56. The third-order valence-corrected chi connectivity index (χ3v) is 3.07. The van der Waals surface area contributed by atoms with E-state index in [1.807, 2.05) is 4.90 Å². The Morgan fingerprint density at radius 2 is 2.19 bits per heavy atom. The van der Waals surface area contributed by atoms with E-state index in [-0.39, 0.29) is 11.9 Å². The maximum Gasteiger partial charge on any atom is 0.167 e. The highest BCUT2D eigenvalue weighted by molar-refractivity contribution is 6.30. The molecule has 1 aliphatic heterocycles. The quantitative estimate of drug-likeness (QED) is 0.799. The summed E-state index contributed by atoms with van der Waals surface area (Å²) < 4.78 is 18.9. The van der Waals surface area contributed by atoms with Crippen LogP contribution in [0.2, 0.25) is 5.02 Å². The largest absolute Gasteiger partial charge is 0.381 e. The Hall–Kier alpha value is -0.870. The number of aromatic nitrogens is 1. The van der Waals surface area contributed by atoms with E-state index in [0.29, 0.717) is 10.8 Å². The molecule has 0 aliphatic carbocycles. The van der Waals surface area contributed by atoms with Gasteiger partial charge in [-0.05, 0) is 18.9 Å². The zero-order chi connectivity index (χ0) is 11.5. The standard InChI is InChI=1S/C11H14ClFN2O/c1-16-9-2-4-15(5-3-9)11-10(13)6-8(12)7-14-11/h6-7,9H,2-5H2,1H3. The molecule has 0 N–H and O–H groups in total. The van der Waals surface area contributed by atoms with Crippen LogP contribution in [0.15, 0.2) is 12.3 Å². The summed E-state index contributed by atoms with van der Waals surface area (Å²) in [6, 6.07) is 1.30. The van der Waals surface area contributed by atoms with Gasteiger partial charge in [0, 0.05) is 26.4 Å². The van der Waals surface area contributed by atoms with Crippen molar-refractivity contribution in [1.82, 2.24) is 4.98 Å². The third-order valence-electron chi connectivity index (χ3n) is 2.86. The molecule has 2 rings (SSSR count). The molecule has 0 spiro atoms. The number of methoxy groups -OCH3 is 1. The normalized spacial score (nSPS) is 17.8. The molecule has 88 valence electrons. The molecule has 1 fully saturated rings. The van der Waals surface area contributed by atoms with E-state index in [1.165, 1.54) is 12.3 Å². The molecule has 5 heteroatoms. The van der Waals surface area contributed by atoms with E-state index in [4.69, 9.17) is 16.3 Å². The molecule has 0 bridgehead atoms. The van der Waals surface area contributed by atoms with Gasteiger partial charge in [0.1, 0.15) is 0 Å². The first-order valence-corrected chi connectivity index (χ1v) is 5.67. The zero-order valence-electron chi connectivity index (χ0n) is 9.12. The van der Waals surface area contributed by atoms with Gasteiger partial charge in [-0.25, -0.2) is 9.37 Å². The van der Waals surface area contributed by atoms with E-state index in [1.54, 1.807) is 7.11 Å². The van der Waals surface area contributed by atoms with Crippen LogP contribution in [0.25, 0.3) is 0 Å². The van der Waals surface area contributed by atoms with E-state index < -0.39 is 0 Å². The first-order chi connectivity index (χ1) is 7.70. The zero-order valence-corrected chi connectivity index (χ0v) is 9.88. The topological polar surface area (TPSA) is 25.4 Å². The van der Waals surface area contributed by atoms with Crippen LogP contribution in [-0.2, 0) is 4.74 Å². The van der Waals surface area contributed by atoms with Gasteiger partial charge in [0.15, 0.2) is 11.6 Å². The summed E-state index contributed by atoms with van der Waals surface area (Å²) in [6.45, 7) is 1.54. The van der Waals surface area contributed by atoms with Crippen molar-refractivity contribution in [3.63, 3.8) is 0 Å². The smallest absolute Gasteiger partial charge is 0.167 e. The number of hydrogen-bond acceptors (Lipinski definition) is 3.